The zero-order chi connectivity index (χ0) is 23.9. The molecule has 6 heteroatoms. The normalized spacial score (nSPS) is 15.2. The van der Waals surface area contributed by atoms with Crippen LogP contribution >= 0.6 is 11.6 Å². The van der Waals surface area contributed by atoms with E-state index in [-0.39, 0.29) is 12.1 Å². The monoisotopic (exact) mass is 477 g/mol. The minimum atomic E-state index is -0.0783. The summed E-state index contributed by atoms with van der Waals surface area (Å²) in [4.78, 5) is 17.0. The number of ether oxygens (including phenoxy) is 1. The van der Waals surface area contributed by atoms with Gasteiger partial charge in [-0.3, -0.25) is 4.90 Å². The van der Waals surface area contributed by atoms with E-state index in [1.807, 2.05) is 60.4 Å². The molecular weight excluding hydrogens is 446 g/mol. The Bertz CT molecular complexity index is 1090. The van der Waals surface area contributed by atoms with Crippen molar-refractivity contribution >= 4 is 23.3 Å². The van der Waals surface area contributed by atoms with Crippen LogP contribution in [-0.4, -0.2) is 48.6 Å². The third-order valence-corrected chi connectivity index (χ3v) is 6.38. The van der Waals surface area contributed by atoms with Gasteiger partial charge >= 0.3 is 6.03 Å². The molecular formula is C28H32ClN3O2. The van der Waals surface area contributed by atoms with Gasteiger partial charge in [-0.1, -0.05) is 65.7 Å². The van der Waals surface area contributed by atoms with Crippen molar-refractivity contribution in [1.82, 2.24) is 9.80 Å². The lowest BCUT2D eigenvalue weighted by Gasteiger charge is -2.36. The van der Waals surface area contributed by atoms with Crippen molar-refractivity contribution in [2.24, 2.45) is 0 Å². The zero-order valence-electron chi connectivity index (χ0n) is 19.8. The summed E-state index contributed by atoms with van der Waals surface area (Å²) >= 11 is 6.12. The lowest BCUT2D eigenvalue weighted by Crippen LogP contribution is -2.50. The molecule has 178 valence electrons. The van der Waals surface area contributed by atoms with Gasteiger partial charge in [0.2, 0.25) is 0 Å². The molecule has 0 aliphatic carbocycles. The van der Waals surface area contributed by atoms with E-state index in [9.17, 15) is 4.79 Å². The minimum Gasteiger partial charge on any atom is -0.368 e. The number of hydrogen-bond acceptors (Lipinski definition) is 3. The molecule has 0 saturated carbocycles. The molecule has 5 nitrogen and oxygen atoms in total. The fraction of sp³-hybridized carbons (Fsp3) is 0.321. The summed E-state index contributed by atoms with van der Waals surface area (Å²) in [5.41, 5.74) is 5.46. The van der Waals surface area contributed by atoms with E-state index in [1.165, 1.54) is 5.56 Å². The molecule has 1 saturated heterocycles. The summed E-state index contributed by atoms with van der Waals surface area (Å²) in [7, 11) is 0. The van der Waals surface area contributed by atoms with Gasteiger partial charge < -0.3 is 15.0 Å². The summed E-state index contributed by atoms with van der Waals surface area (Å²) < 4.78 is 6.40. The third-order valence-electron chi connectivity index (χ3n) is 6.13. The molecule has 1 fully saturated rings. The molecule has 0 bridgehead atoms. The Labute approximate surface area is 207 Å². The Kier molecular flexibility index (Phi) is 8.22. The molecule has 1 N–H and O–H groups in total. The maximum atomic E-state index is 12.7. The first-order valence-electron chi connectivity index (χ1n) is 11.7. The van der Waals surface area contributed by atoms with Crippen molar-refractivity contribution in [3.63, 3.8) is 0 Å². The Morgan fingerprint density at radius 1 is 0.941 bits per heavy atom. The fourth-order valence-corrected chi connectivity index (χ4v) is 4.35. The van der Waals surface area contributed by atoms with Crippen molar-refractivity contribution in [1.29, 1.82) is 0 Å². The molecule has 34 heavy (non-hydrogen) atoms. The van der Waals surface area contributed by atoms with E-state index in [1.54, 1.807) is 0 Å². The smallest absolute Gasteiger partial charge is 0.321 e. The number of carbonyl (C=O) groups excluding carboxylic acids is 1. The van der Waals surface area contributed by atoms with Crippen molar-refractivity contribution in [2.45, 2.75) is 26.6 Å². The van der Waals surface area contributed by atoms with Crippen LogP contribution in [0.4, 0.5) is 10.5 Å². The van der Waals surface area contributed by atoms with Crippen LogP contribution in [-0.2, 0) is 11.3 Å². The maximum absolute atomic E-state index is 12.7. The number of aryl methyl sites for hydroxylation is 2. The van der Waals surface area contributed by atoms with Gasteiger partial charge in [0.05, 0.1) is 12.7 Å². The second kappa shape index (κ2) is 11.5. The first kappa shape index (κ1) is 24.3. The summed E-state index contributed by atoms with van der Waals surface area (Å²) in [6.07, 6.45) is -0.0783. The average Bonchev–Trinajstić information content (AvgIpc) is 2.83. The van der Waals surface area contributed by atoms with Gasteiger partial charge in [-0.05, 0) is 54.8 Å². The number of urea groups is 1. The number of carbonyl (C=O) groups is 1. The number of halogens is 1. The van der Waals surface area contributed by atoms with Crippen LogP contribution < -0.4 is 5.32 Å². The maximum Gasteiger partial charge on any atom is 0.321 e. The highest BCUT2D eigenvalue weighted by molar-refractivity contribution is 6.30. The molecule has 1 aliphatic rings. The average molecular weight is 478 g/mol. The van der Waals surface area contributed by atoms with E-state index in [4.69, 9.17) is 16.3 Å². The lowest BCUT2D eigenvalue weighted by atomic mass is 10.1. The summed E-state index contributed by atoms with van der Waals surface area (Å²) in [6.45, 7) is 8.40. The van der Waals surface area contributed by atoms with Crippen LogP contribution in [0.15, 0.2) is 72.8 Å². The van der Waals surface area contributed by atoms with Crippen molar-refractivity contribution in [3.8, 4) is 0 Å². The van der Waals surface area contributed by atoms with Gasteiger partial charge in [0.1, 0.15) is 0 Å². The molecule has 3 aromatic rings. The SMILES string of the molecule is Cc1cccc(COC(CN2CCN(C(=O)Nc3cccc(C)c3)CC2)c2ccc(Cl)cc2)c1. The number of anilines is 1. The van der Waals surface area contributed by atoms with Crippen molar-refractivity contribution < 1.29 is 9.53 Å². The lowest BCUT2D eigenvalue weighted by molar-refractivity contribution is 0.00592. The molecule has 2 amide bonds. The second-order valence-corrected chi connectivity index (χ2v) is 9.36. The molecule has 1 unspecified atom stereocenters. The Morgan fingerprint density at radius 2 is 1.62 bits per heavy atom. The van der Waals surface area contributed by atoms with Crippen LogP contribution in [0.25, 0.3) is 0 Å². The van der Waals surface area contributed by atoms with Crippen LogP contribution in [0.2, 0.25) is 5.02 Å². The molecule has 1 aliphatic heterocycles. The third kappa shape index (κ3) is 6.83. The van der Waals surface area contributed by atoms with E-state index in [0.29, 0.717) is 19.7 Å². The molecule has 0 spiro atoms. The summed E-state index contributed by atoms with van der Waals surface area (Å²) in [6, 6.07) is 24.1. The van der Waals surface area contributed by atoms with Gasteiger partial charge in [0, 0.05) is 43.4 Å². The van der Waals surface area contributed by atoms with E-state index < -0.39 is 0 Å². The number of hydrogen-bond donors (Lipinski definition) is 1. The predicted molar refractivity (Wildman–Crippen MR) is 138 cm³/mol. The molecule has 4 rings (SSSR count). The van der Waals surface area contributed by atoms with Crippen LogP contribution in [0.5, 0.6) is 0 Å². The van der Waals surface area contributed by atoms with Gasteiger partial charge in [-0.25, -0.2) is 4.79 Å². The Balaban J connectivity index is 1.35. The first-order valence-corrected chi connectivity index (χ1v) is 12.1. The van der Waals surface area contributed by atoms with Crippen molar-refractivity contribution in [2.75, 3.05) is 38.0 Å². The quantitative estimate of drug-likeness (QED) is 0.449. The van der Waals surface area contributed by atoms with Crippen molar-refractivity contribution in [3.05, 3.63) is 100 Å². The molecule has 0 aromatic heterocycles. The van der Waals surface area contributed by atoms with Crippen LogP contribution in [0, 0.1) is 13.8 Å². The zero-order valence-corrected chi connectivity index (χ0v) is 20.6. The summed E-state index contributed by atoms with van der Waals surface area (Å²) in [5, 5.41) is 3.73. The number of piperazine rings is 1. The second-order valence-electron chi connectivity index (χ2n) is 8.93. The summed E-state index contributed by atoms with van der Waals surface area (Å²) in [5.74, 6) is 0. The van der Waals surface area contributed by atoms with Gasteiger partial charge in [-0.2, -0.15) is 0 Å². The Hall–Kier alpha value is -2.86. The number of nitrogens with one attached hydrogen (secondary N) is 1. The number of amides is 2. The van der Waals surface area contributed by atoms with Gasteiger partial charge in [0.25, 0.3) is 0 Å². The Morgan fingerprint density at radius 3 is 2.29 bits per heavy atom. The van der Waals surface area contributed by atoms with Crippen LogP contribution in [0.3, 0.4) is 0 Å². The largest absolute Gasteiger partial charge is 0.368 e. The molecule has 1 heterocycles. The van der Waals surface area contributed by atoms with E-state index in [2.05, 4.69) is 41.4 Å². The minimum absolute atomic E-state index is 0.0461. The van der Waals surface area contributed by atoms with Gasteiger partial charge in [0.15, 0.2) is 0 Å². The standard InChI is InChI=1S/C28H32ClN3O2/c1-21-5-3-7-23(17-21)20-34-27(24-9-11-25(29)12-10-24)19-31-13-15-32(16-14-31)28(33)30-26-8-4-6-22(2)18-26/h3-12,17-18,27H,13-16,19-20H2,1-2H3,(H,30,33). The van der Waals surface area contributed by atoms with E-state index >= 15 is 0 Å². The topological polar surface area (TPSA) is 44.8 Å². The van der Waals surface area contributed by atoms with E-state index in [0.717, 1.165) is 47.0 Å². The predicted octanol–water partition coefficient (Wildman–Crippen LogP) is 6.06. The number of benzene rings is 3. The van der Waals surface area contributed by atoms with Crippen LogP contribution in [0.1, 0.15) is 28.4 Å². The molecule has 1 atom stereocenters. The highest BCUT2D eigenvalue weighted by atomic mass is 35.5. The number of nitrogens with zero attached hydrogens (tertiary/aromatic N) is 2. The van der Waals surface area contributed by atoms with Gasteiger partial charge in [-0.15, -0.1) is 0 Å². The molecule has 0 radical (unpaired) electrons. The fourth-order valence-electron chi connectivity index (χ4n) is 4.22. The highest BCUT2D eigenvalue weighted by Crippen LogP contribution is 2.24. The highest BCUT2D eigenvalue weighted by Gasteiger charge is 2.24. The number of rotatable bonds is 7. The first-order chi connectivity index (χ1) is 16.5. The molecule has 3 aromatic carbocycles.